The molecule has 0 aliphatic carbocycles. The molecule has 0 spiro atoms. The van der Waals surface area contributed by atoms with E-state index >= 15 is 0 Å². The molecule has 0 saturated carbocycles. The average Bonchev–Trinajstić information content (AvgIpc) is 3.32. The summed E-state index contributed by atoms with van der Waals surface area (Å²) >= 11 is 0. The van der Waals surface area contributed by atoms with Gasteiger partial charge in [-0.3, -0.25) is 14.3 Å². The van der Waals surface area contributed by atoms with E-state index in [-0.39, 0.29) is 42.3 Å². The number of aliphatic hydroxyl groups excluding tert-OH is 1. The van der Waals surface area contributed by atoms with Gasteiger partial charge in [-0.1, -0.05) is 30.3 Å². The molecule has 0 saturated heterocycles. The maximum Gasteiger partial charge on any atom is 0.290 e. The summed E-state index contributed by atoms with van der Waals surface area (Å²) in [5, 5.41) is 12.4. The summed E-state index contributed by atoms with van der Waals surface area (Å²) in [6.07, 6.45) is 0.752. The molecule has 48 heavy (non-hydrogen) atoms. The van der Waals surface area contributed by atoms with Crippen molar-refractivity contribution in [2.45, 2.75) is 30.4 Å². The van der Waals surface area contributed by atoms with Gasteiger partial charge in [-0.2, -0.15) is 4.31 Å². The Morgan fingerprint density at radius 2 is 1.75 bits per heavy atom. The van der Waals surface area contributed by atoms with Crippen LogP contribution in [0.5, 0.6) is 5.75 Å². The number of rotatable bonds is 13. The highest BCUT2D eigenvalue weighted by Gasteiger charge is 2.34. The molecule has 1 aliphatic heterocycles. The van der Waals surface area contributed by atoms with E-state index in [2.05, 4.69) is 5.32 Å². The molecule has 0 bridgehead atoms. The number of aromatic nitrogens is 2. The number of carbonyl (C=O) groups excluding carboxylic acids is 1. The lowest BCUT2D eigenvalue weighted by Gasteiger charge is -2.30. The van der Waals surface area contributed by atoms with Crippen LogP contribution >= 0.6 is 0 Å². The maximum absolute atomic E-state index is 13.9. The lowest BCUT2D eigenvalue weighted by molar-refractivity contribution is -0.143. The van der Waals surface area contributed by atoms with Crippen LogP contribution in [-0.2, 0) is 31.3 Å². The van der Waals surface area contributed by atoms with E-state index in [0.29, 0.717) is 34.1 Å². The molecule has 2 heterocycles. The largest absolute Gasteiger partial charge is 0.497 e. The third-order valence-corrected chi connectivity index (χ3v) is 10.1. The van der Waals surface area contributed by atoms with Crippen molar-refractivity contribution in [1.29, 1.82) is 0 Å². The van der Waals surface area contributed by atoms with Gasteiger partial charge in [-0.15, -0.1) is 0 Å². The minimum Gasteiger partial charge on any atom is -0.497 e. The van der Waals surface area contributed by atoms with Crippen molar-refractivity contribution >= 4 is 27.3 Å². The lowest BCUT2D eigenvalue weighted by Crippen LogP contribution is -2.38. The number of ether oxygens (including phenoxy) is 3. The molecule has 0 fully saturated rings. The third kappa shape index (κ3) is 7.31. The fraction of sp³-hybridized carbons (Fsp3) is 0.294. The summed E-state index contributed by atoms with van der Waals surface area (Å²) in [6.45, 7) is 1.01. The number of anilines is 2. The first-order valence-electron chi connectivity index (χ1n) is 15.3. The van der Waals surface area contributed by atoms with Crippen molar-refractivity contribution in [3.8, 4) is 11.4 Å². The monoisotopic (exact) mass is 677 g/mol. The number of nitrogen functional groups attached to an aromatic ring is 1. The van der Waals surface area contributed by atoms with Gasteiger partial charge in [0, 0.05) is 43.7 Å². The number of amides is 1. The minimum atomic E-state index is -3.98. The summed E-state index contributed by atoms with van der Waals surface area (Å²) in [7, 11) is -0.716. The van der Waals surface area contributed by atoms with E-state index in [1.165, 1.54) is 31.4 Å². The number of nitrogens with zero attached hydrogens (tertiary/aromatic N) is 3. The summed E-state index contributed by atoms with van der Waals surface area (Å²) < 4.78 is 48.4. The first-order chi connectivity index (χ1) is 23.0. The van der Waals surface area contributed by atoms with E-state index < -0.39 is 34.7 Å². The van der Waals surface area contributed by atoms with Crippen molar-refractivity contribution in [3.05, 3.63) is 112 Å². The Hall–Kier alpha value is -4.89. The third-order valence-electron chi connectivity index (χ3n) is 8.15. The van der Waals surface area contributed by atoms with Crippen LogP contribution < -0.4 is 21.3 Å². The van der Waals surface area contributed by atoms with Crippen LogP contribution in [0.2, 0.25) is 0 Å². The van der Waals surface area contributed by atoms with E-state index in [1.54, 1.807) is 46.8 Å². The molecule has 5 rings (SSSR count). The van der Waals surface area contributed by atoms with Gasteiger partial charge in [0.05, 0.1) is 42.3 Å². The van der Waals surface area contributed by atoms with Gasteiger partial charge >= 0.3 is 0 Å². The zero-order valence-corrected chi connectivity index (χ0v) is 27.7. The number of para-hydroxylation sites is 3. The number of nitrogens with one attached hydrogen (secondary N) is 1. The second-order valence-electron chi connectivity index (χ2n) is 11.1. The van der Waals surface area contributed by atoms with Crippen molar-refractivity contribution in [3.63, 3.8) is 0 Å². The molecule has 3 aromatic carbocycles. The molecule has 0 radical (unpaired) electrons. The molecule has 0 unspecified atom stereocenters. The first-order valence-corrected chi connectivity index (χ1v) is 16.7. The Balaban J connectivity index is 1.41. The van der Waals surface area contributed by atoms with Gasteiger partial charge in [-0.25, -0.2) is 13.1 Å². The van der Waals surface area contributed by atoms with Crippen molar-refractivity contribution < 1.29 is 32.5 Å². The molecule has 1 aromatic heterocycles. The van der Waals surface area contributed by atoms with Crippen LogP contribution in [0.15, 0.2) is 100 Å². The summed E-state index contributed by atoms with van der Waals surface area (Å²) in [5.74, 6) is -0.751. The van der Waals surface area contributed by atoms with Gasteiger partial charge in [0.15, 0.2) is 5.76 Å². The average molecular weight is 678 g/mol. The minimum absolute atomic E-state index is 0.0297. The fourth-order valence-corrected chi connectivity index (χ4v) is 6.99. The highest BCUT2D eigenvalue weighted by molar-refractivity contribution is 7.89. The zero-order chi connectivity index (χ0) is 34.4. The van der Waals surface area contributed by atoms with Crippen LogP contribution in [0.4, 0.5) is 11.4 Å². The highest BCUT2D eigenvalue weighted by Crippen LogP contribution is 2.33. The predicted molar refractivity (Wildman–Crippen MR) is 180 cm³/mol. The Morgan fingerprint density at radius 3 is 2.42 bits per heavy atom. The Kier molecular flexibility index (Phi) is 10.7. The highest BCUT2D eigenvalue weighted by atomic mass is 32.2. The Bertz CT molecular complexity index is 1940. The second kappa shape index (κ2) is 14.9. The standard InChI is InChI=1S/C34H39N5O8S/c1-23-32(34(42)39(37(23)2)25-9-5-4-6-10-25)24-21-30(33(41)36-29-12-8-7-11-28(29)35)47-31(22-24)46-20-18-38(17-19-40)48(43,44)27-15-13-26(45-3)14-16-27/h4-16,21,24,31,40H,17-20,22,35H2,1-3H3,(H,36,41)/t24-,31+/m0/s1. The molecule has 13 nitrogen and oxygen atoms in total. The number of nitrogens with two attached hydrogens (primary N) is 1. The molecule has 2 atom stereocenters. The van der Waals surface area contributed by atoms with Crippen LogP contribution in [0, 0.1) is 6.92 Å². The smallest absolute Gasteiger partial charge is 0.290 e. The van der Waals surface area contributed by atoms with Gasteiger partial charge in [0.2, 0.25) is 16.3 Å². The van der Waals surface area contributed by atoms with E-state index in [0.717, 1.165) is 4.31 Å². The van der Waals surface area contributed by atoms with Gasteiger partial charge in [0.1, 0.15) is 5.75 Å². The predicted octanol–water partition coefficient (Wildman–Crippen LogP) is 3.13. The fourth-order valence-electron chi connectivity index (χ4n) is 5.58. The van der Waals surface area contributed by atoms with Gasteiger partial charge in [0.25, 0.3) is 11.5 Å². The Labute approximate surface area is 278 Å². The van der Waals surface area contributed by atoms with E-state index in [9.17, 15) is 23.1 Å². The number of benzene rings is 3. The number of hydrogen-bond donors (Lipinski definition) is 3. The number of carbonyl (C=O) groups is 1. The van der Waals surface area contributed by atoms with Crippen molar-refractivity contribution in [2.24, 2.45) is 7.05 Å². The first kappa shape index (κ1) is 34.4. The summed E-state index contributed by atoms with van der Waals surface area (Å²) in [4.78, 5) is 27.4. The molecular weight excluding hydrogens is 638 g/mol. The number of hydrogen-bond acceptors (Lipinski definition) is 9. The van der Waals surface area contributed by atoms with Crippen LogP contribution in [0.25, 0.3) is 5.69 Å². The molecular formula is C34H39N5O8S. The van der Waals surface area contributed by atoms with Crippen LogP contribution in [0.1, 0.15) is 23.6 Å². The van der Waals surface area contributed by atoms with Crippen molar-refractivity contribution in [2.75, 3.05) is 44.5 Å². The topological polar surface area (TPSA) is 167 Å². The molecule has 14 heteroatoms. The zero-order valence-electron chi connectivity index (χ0n) is 26.9. The normalized spacial score (nSPS) is 16.3. The second-order valence-corrected chi connectivity index (χ2v) is 13.0. The maximum atomic E-state index is 13.9. The van der Waals surface area contributed by atoms with Crippen molar-refractivity contribution in [1.82, 2.24) is 13.7 Å². The van der Waals surface area contributed by atoms with Gasteiger partial charge < -0.3 is 30.4 Å². The summed E-state index contributed by atoms with van der Waals surface area (Å²) in [5.41, 5.74) is 8.38. The quantitative estimate of drug-likeness (QED) is 0.180. The number of aliphatic hydroxyl groups is 1. The number of allylic oxidation sites excluding steroid dienone is 1. The molecule has 254 valence electrons. The van der Waals surface area contributed by atoms with Crippen LogP contribution in [-0.4, -0.2) is 72.8 Å². The van der Waals surface area contributed by atoms with E-state index in [1.807, 2.05) is 37.3 Å². The Morgan fingerprint density at radius 1 is 1.06 bits per heavy atom. The lowest BCUT2D eigenvalue weighted by atomic mass is 9.93. The molecule has 1 amide bonds. The summed E-state index contributed by atoms with van der Waals surface area (Å²) in [6, 6.07) is 21.9. The molecule has 1 aliphatic rings. The molecule has 4 N–H and O–H groups in total. The number of sulfonamides is 1. The SMILES string of the molecule is COc1ccc(S(=O)(=O)N(CCO)CCO[C@H]2C[C@@H](c3c(C)n(C)n(-c4ccccc4)c3=O)C=C(C(=O)Nc3ccccc3N)O2)cc1. The molecule has 4 aromatic rings. The number of methoxy groups -OCH3 is 1. The van der Waals surface area contributed by atoms with Crippen LogP contribution in [0.3, 0.4) is 0 Å². The van der Waals surface area contributed by atoms with E-state index in [4.69, 9.17) is 19.9 Å². The van der Waals surface area contributed by atoms with Gasteiger partial charge in [-0.05, 0) is 61.5 Å².